The second-order valence-electron chi connectivity index (χ2n) is 9.38. The summed E-state index contributed by atoms with van der Waals surface area (Å²) in [6.07, 6.45) is 6.82. The Hall–Kier alpha value is -4.24. The summed E-state index contributed by atoms with van der Waals surface area (Å²) in [7, 11) is 2.14. The number of amides is 1. The molecule has 37 heavy (non-hydrogen) atoms. The Morgan fingerprint density at radius 1 is 1.16 bits per heavy atom. The quantitative estimate of drug-likeness (QED) is 0.355. The number of aliphatic imine (C=N–C) groups is 1. The van der Waals surface area contributed by atoms with Gasteiger partial charge < -0.3 is 26.2 Å². The number of piperidine rings is 1. The summed E-state index contributed by atoms with van der Waals surface area (Å²) in [5.74, 6) is -1.02. The molecule has 0 aliphatic carbocycles. The van der Waals surface area contributed by atoms with Crippen molar-refractivity contribution in [1.82, 2.24) is 9.88 Å². The van der Waals surface area contributed by atoms with Crippen LogP contribution in [0.15, 0.2) is 78.4 Å². The number of nitrogens with zero attached hydrogens (tertiary/aromatic N) is 3. The van der Waals surface area contributed by atoms with Crippen LogP contribution in [0.25, 0.3) is 0 Å². The number of carbonyl (C=O) groups is 1. The van der Waals surface area contributed by atoms with Gasteiger partial charge in [0, 0.05) is 34.8 Å². The standard InChI is InChI=1S/C28H30FN7O/c1-3-27(37)33-23-6-4-5-20(15-23)28(31-17-19-7-8-21(29)16-25(19)35-28)34-24-9-10-26(30-18-24)32-22-11-13-36(2)14-12-22/h3-10,15-18,22,34-35H,1,11-14H2,2H3,(H,30,32)(H,33,37). The van der Waals surface area contributed by atoms with E-state index in [4.69, 9.17) is 4.99 Å². The number of hydrogen-bond donors (Lipinski definition) is 4. The molecule has 1 atom stereocenters. The molecule has 5 rings (SSSR count). The molecule has 1 unspecified atom stereocenters. The Morgan fingerprint density at radius 3 is 2.76 bits per heavy atom. The summed E-state index contributed by atoms with van der Waals surface area (Å²) in [5.41, 5.74) is 3.39. The van der Waals surface area contributed by atoms with E-state index >= 15 is 0 Å². The molecule has 2 aliphatic rings. The lowest BCUT2D eigenvalue weighted by Crippen LogP contribution is -2.43. The van der Waals surface area contributed by atoms with Crippen LogP contribution < -0.4 is 21.3 Å². The van der Waals surface area contributed by atoms with Gasteiger partial charge in [-0.1, -0.05) is 18.7 Å². The van der Waals surface area contributed by atoms with Gasteiger partial charge >= 0.3 is 0 Å². The first-order valence-corrected chi connectivity index (χ1v) is 12.3. The summed E-state index contributed by atoms with van der Waals surface area (Å²) in [5, 5.41) is 13.1. The number of carbonyl (C=O) groups excluding carboxylic acids is 1. The topological polar surface area (TPSA) is 93.7 Å². The van der Waals surface area contributed by atoms with Gasteiger partial charge in [-0.15, -0.1) is 0 Å². The summed E-state index contributed by atoms with van der Waals surface area (Å²) in [4.78, 5) is 23.6. The molecule has 1 amide bonds. The highest BCUT2D eigenvalue weighted by Crippen LogP contribution is 2.35. The van der Waals surface area contributed by atoms with E-state index in [-0.39, 0.29) is 11.7 Å². The molecular weight excluding hydrogens is 469 g/mol. The molecule has 8 nitrogen and oxygen atoms in total. The number of halogens is 1. The lowest BCUT2D eigenvalue weighted by Gasteiger charge is -2.37. The molecule has 2 aromatic carbocycles. The van der Waals surface area contributed by atoms with Crippen molar-refractivity contribution in [3.05, 3.63) is 90.4 Å². The number of nitrogens with one attached hydrogen (secondary N) is 4. The third-order valence-corrected chi connectivity index (χ3v) is 6.62. The molecule has 1 fully saturated rings. The van der Waals surface area contributed by atoms with Crippen LogP contribution in [0.4, 0.5) is 27.3 Å². The Kier molecular flexibility index (Phi) is 6.87. The first-order chi connectivity index (χ1) is 17.9. The van der Waals surface area contributed by atoms with E-state index in [2.05, 4.69) is 44.8 Å². The fourth-order valence-corrected chi connectivity index (χ4v) is 4.56. The second-order valence-corrected chi connectivity index (χ2v) is 9.38. The van der Waals surface area contributed by atoms with E-state index in [1.165, 1.54) is 18.2 Å². The van der Waals surface area contributed by atoms with Crippen molar-refractivity contribution in [3.8, 4) is 0 Å². The molecule has 0 saturated carbocycles. The average molecular weight is 500 g/mol. The van der Waals surface area contributed by atoms with Crippen LogP contribution in [0.5, 0.6) is 0 Å². The maximum atomic E-state index is 14.1. The van der Waals surface area contributed by atoms with Gasteiger partial charge in [-0.2, -0.15) is 0 Å². The fourth-order valence-electron chi connectivity index (χ4n) is 4.56. The van der Waals surface area contributed by atoms with Crippen molar-refractivity contribution in [2.24, 2.45) is 4.99 Å². The van der Waals surface area contributed by atoms with Crippen molar-refractivity contribution >= 4 is 35.0 Å². The van der Waals surface area contributed by atoms with Crippen LogP contribution in [0.2, 0.25) is 0 Å². The summed E-state index contributed by atoms with van der Waals surface area (Å²) < 4.78 is 14.1. The van der Waals surface area contributed by atoms with E-state index < -0.39 is 5.79 Å². The Labute approximate surface area is 215 Å². The Balaban J connectivity index is 1.43. The summed E-state index contributed by atoms with van der Waals surface area (Å²) >= 11 is 0. The maximum Gasteiger partial charge on any atom is 0.247 e. The molecule has 4 N–H and O–H groups in total. The third-order valence-electron chi connectivity index (χ3n) is 6.62. The highest BCUT2D eigenvalue weighted by molar-refractivity contribution is 5.99. The van der Waals surface area contributed by atoms with Crippen LogP contribution in [0.3, 0.4) is 0 Å². The highest BCUT2D eigenvalue weighted by Gasteiger charge is 2.35. The van der Waals surface area contributed by atoms with Crippen molar-refractivity contribution < 1.29 is 9.18 Å². The summed E-state index contributed by atoms with van der Waals surface area (Å²) in [6.45, 7) is 5.64. The monoisotopic (exact) mass is 499 g/mol. The van der Waals surface area contributed by atoms with Gasteiger partial charge in [0.2, 0.25) is 11.7 Å². The highest BCUT2D eigenvalue weighted by atomic mass is 19.1. The van der Waals surface area contributed by atoms with Crippen molar-refractivity contribution in [2.45, 2.75) is 24.7 Å². The molecule has 0 bridgehead atoms. The number of hydrogen-bond acceptors (Lipinski definition) is 7. The lowest BCUT2D eigenvalue weighted by atomic mass is 10.0. The van der Waals surface area contributed by atoms with Crippen LogP contribution in [0.1, 0.15) is 24.0 Å². The van der Waals surface area contributed by atoms with E-state index in [1.807, 2.05) is 30.3 Å². The predicted molar refractivity (Wildman–Crippen MR) is 147 cm³/mol. The number of aromatic nitrogens is 1. The van der Waals surface area contributed by atoms with Crippen LogP contribution in [0, 0.1) is 5.82 Å². The van der Waals surface area contributed by atoms with Gasteiger partial charge in [0.15, 0.2) is 0 Å². The largest absolute Gasteiger partial charge is 0.367 e. The van der Waals surface area contributed by atoms with Crippen LogP contribution >= 0.6 is 0 Å². The van der Waals surface area contributed by atoms with Gasteiger partial charge in [0.1, 0.15) is 11.6 Å². The molecule has 0 radical (unpaired) electrons. The van der Waals surface area contributed by atoms with E-state index in [9.17, 15) is 9.18 Å². The number of likely N-dealkylation sites (tertiary alicyclic amines) is 1. The zero-order valence-corrected chi connectivity index (χ0v) is 20.7. The first kappa shape index (κ1) is 24.5. The van der Waals surface area contributed by atoms with Crippen LogP contribution in [-0.2, 0) is 10.6 Å². The smallest absolute Gasteiger partial charge is 0.247 e. The molecule has 1 saturated heterocycles. The third kappa shape index (κ3) is 5.62. The van der Waals surface area contributed by atoms with Crippen molar-refractivity contribution in [2.75, 3.05) is 41.4 Å². The molecule has 0 spiro atoms. The van der Waals surface area contributed by atoms with E-state index in [1.54, 1.807) is 24.5 Å². The zero-order valence-electron chi connectivity index (χ0n) is 20.7. The minimum absolute atomic E-state index is 0.316. The van der Waals surface area contributed by atoms with Gasteiger partial charge in [0.25, 0.3) is 0 Å². The number of benzene rings is 2. The molecule has 3 aromatic rings. The van der Waals surface area contributed by atoms with E-state index in [0.717, 1.165) is 43.0 Å². The second kappa shape index (κ2) is 10.4. The van der Waals surface area contributed by atoms with Crippen LogP contribution in [-0.4, -0.2) is 48.2 Å². The minimum atomic E-state index is -1.17. The Bertz CT molecular complexity index is 1320. The predicted octanol–water partition coefficient (Wildman–Crippen LogP) is 4.62. The SMILES string of the molecule is C=CC(=O)Nc1cccc(C2(Nc3ccc(NC4CCN(C)CC4)nc3)N=Cc3ccc(F)cc3N2)c1. The number of rotatable bonds is 7. The normalized spacial score (nSPS) is 19.4. The van der Waals surface area contributed by atoms with Gasteiger partial charge in [0.05, 0.1) is 11.9 Å². The minimum Gasteiger partial charge on any atom is -0.367 e. The Morgan fingerprint density at radius 2 is 2.00 bits per heavy atom. The summed E-state index contributed by atoms with van der Waals surface area (Å²) in [6, 6.07) is 16.1. The fraction of sp³-hybridized carbons (Fsp3) is 0.250. The number of pyridine rings is 1. The van der Waals surface area contributed by atoms with E-state index in [0.29, 0.717) is 23.0 Å². The molecule has 3 heterocycles. The zero-order chi connectivity index (χ0) is 25.8. The molecule has 9 heteroatoms. The average Bonchev–Trinajstić information content (AvgIpc) is 2.91. The van der Waals surface area contributed by atoms with Gasteiger partial charge in [-0.05, 0) is 81.5 Å². The molecule has 2 aliphatic heterocycles. The molecule has 190 valence electrons. The lowest BCUT2D eigenvalue weighted by molar-refractivity contribution is -0.111. The van der Waals surface area contributed by atoms with Gasteiger partial charge in [-0.3, -0.25) is 4.79 Å². The van der Waals surface area contributed by atoms with Crippen molar-refractivity contribution in [1.29, 1.82) is 0 Å². The van der Waals surface area contributed by atoms with Gasteiger partial charge in [-0.25, -0.2) is 14.4 Å². The maximum absolute atomic E-state index is 14.1. The molecule has 1 aromatic heterocycles. The molecular formula is C28H30FN7O. The number of anilines is 4. The first-order valence-electron chi connectivity index (χ1n) is 12.3. The number of fused-ring (bicyclic) bond motifs is 1. The van der Waals surface area contributed by atoms with Crippen molar-refractivity contribution in [3.63, 3.8) is 0 Å².